The Bertz CT molecular complexity index is 186. The van der Waals surface area contributed by atoms with E-state index in [1.54, 1.807) is 0 Å². The SMILES string of the molecule is CN1CCC(CSCC2CCN(C)O2)O1. The summed E-state index contributed by atoms with van der Waals surface area (Å²) in [5, 5.41) is 3.87. The number of hydroxylamine groups is 4. The molecule has 0 spiro atoms. The van der Waals surface area contributed by atoms with Crippen LogP contribution in [-0.4, -0.2) is 61.0 Å². The molecule has 0 bridgehead atoms. The standard InChI is InChI=1S/C10H20N2O2S/c1-11-5-3-9(13-11)7-15-8-10-4-6-12(2)14-10/h9-10H,3-8H2,1-2H3. The van der Waals surface area contributed by atoms with Gasteiger partial charge in [-0.1, -0.05) is 0 Å². The predicted octanol–water partition coefficient (Wildman–Crippen LogP) is 0.991. The lowest BCUT2D eigenvalue weighted by Gasteiger charge is -2.13. The van der Waals surface area contributed by atoms with E-state index < -0.39 is 0 Å². The highest BCUT2D eigenvalue weighted by molar-refractivity contribution is 7.99. The van der Waals surface area contributed by atoms with Gasteiger partial charge in [0.2, 0.25) is 0 Å². The molecule has 2 rings (SSSR count). The first-order chi connectivity index (χ1) is 7.24. The minimum absolute atomic E-state index is 0.416. The molecule has 2 saturated heterocycles. The minimum atomic E-state index is 0.416. The molecule has 0 radical (unpaired) electrons. The van der Waals surface area contributed by atoms with E-state index in [-0.39, 0.29) is 0 Å². The van der Waals surface area contributed by atoms with Crippen LogP contribution in [0.4, 0.5) is 0 Å². The summed E-state index contributed by atoms with van der Waals surface area (Å²) in [5.41, 5.74) is 0. The van der Waals surface area contributed by atoms with E-state index in [1.807, 2.05) is 36.0 Å². The van der Waals surface area contributed by atoms with Crippen LogP contribution in [0.1, 0.15) is 12.8 Å². The second kappa shape index (κ2) is 5.50. The average Bonchev–Trinajstić information content (AvgIpc) is 2.76. The van der Waals surface area contributed by atoms with Crippen molar-refractivity contribution in [2.45, 2.75) is 25.0 Å². The van der Waals surface area contributed by atoms with Crippen LogP contribution in [0.3, 0.4) is 0 Å². The Morgan fingerprint density at radius 3 is 1.80 bits per heavy atom. The van der Waals surface area contributed by atoms with E-state index in [0.29, 0.717) is 12.2 Å². The maximum Gasteiger partial charge on any atom is 0.0896 e. The maximum atomic E-state index is 5.61. The molecule has 5 heteroatoms. The Kier molecular flexibility index (Phi) is 4.28. The van der Waals surface area contributed by atoms with Gasteiger partial charge in [0.05, 0.1) is 12.2 Å². The van der Waals surface area contributed by atoms with Crippen molar-refractivity contribution in [2.75, 3.05) is 38.7 Å². The largest absolute Gasteiger partial charge is 0.295 e. The number of hydrogen-bond donors (Lipinski definition) is 0. The first-order valence-electron chi connectivity index (χ1n) is 5.57. The third-order valence-electron chi connectivity index (χ3n) is 2.80. The molecule has 4 nitrogen and oxygen atoms in total. The van der Waals surface area contributed by atoms with Crippen molar-refractivity contribution in [1.82, 2.24) is 10.1 Å². The molecule has 0 saturated carbocycles. The van der Waals surface area contributed by atoms with Crippen molar-refractivity contribution in [1.29, 1.82) is 0 Å². The topological polar surface area (TPSA) is 24.9 Å². The number of nitrogens with zero attached hydrogens (tertiary/aromatic N) is 2. The molecule has 0 aromatic carbocycles. The van der Waals surface area contributed by atoms with Crippen molar-refractivity contribution in [3.8, 4) is 0 Å². The highest BCUT2D eigenvalue weighted by Gasteiger charge is 2.23. The lowest BCUT2D eigenvalue weighted by molar-refractivity contribution is -0.120. The second-order valence-electron chi connectivity index (χ2n) is 4.27. The van der Waals surface area contributed by atoms with E-state index in [9.17, 15) is 0 Å². The molecule has 2 atom stereocenters. The zero-order chi connectivity index (χ0) is 10.7. The third kappa shape index (κ3) is 3.60. The summed E-state index contributed by atoms with van der Waals surface area (Å²) in [5.74, 6) is 2.18. The summed E-state index contributed by atoms with van der Waals surface area (Å²) in [6, 6.07) is 0. The summed E-state index contributed by atoms with van der Waals surface area (Å²) in [4.78, 5) is 11.2. The molecule has 0 aromatic rings. The molecular weight excluding hydrogens is 212 g/mol. The molecule has 88 valence electrons. The van der Waals surface area contributed by atoms with Crippen LogP contribution in [0.2, 0.25) is 0 Å². The predicted molar refractivity (Wildman–Crippen MR) is 61.6 cm³/mol. The van der Waals surface area contributed by atoms with Crippen LogP contribution in [0.5, 0.6) is 0 Å². The van der Waals surface area contributed by atoms with Gasteiger partial charge in [-0.25, -0.2) is 0 Å². The molecule has 0 N–H and O–H groups in total. The fourth-order valence-corrected chi connectivity index (χ4v) is 3.05. The second-order valence-corrected chi connectivity index (χ2v) is 5.35. The van der Waals surface area contributed by atoms with Gasteiger partial charge in [0, 0.05) is 38.7 Å². The monoisotopic (exact) mass is 232 g/mol. The Morgan fingerprint density at radius 1 is 1.00 bits per heavy atom. The van der Waals surface area contributed by atoms with Crippen molar-refractivity contribution >= 4 is 11.8 Å². The highest BCUT2D eigenvalue weighted by atomic mass is 32.2. The van der Waals surface area contributed by atoms with Gasteiger partial charge in [0.25, 0.3) is 0 Å². The lowest BCUT2D eigenvalue weighted by atomic mass is 10.3. The Labute approximate surface area is 95.8 Å². The molecule has 15 heavy (non-hydrogen) atoms. The van der Waals surface area contributed by atoms with Crippen LogP contribution in [0.25, 0.3) is 0 Å². The van der Waals surface area contributed by atoms with Crippen LogP contribution in [-0.2, 0) is 9.68 Å². The van der Waals surface area contributed by atoms with Crippen molar-refractivity contribution in [3.05, 3.63) is 0 Å². The Morgan fingerprint density at radius 2 is 1.47 bits per heavy atom. The fourth-order valence-electron chi connectivity index (χ4n) is 1.93. The lowest BCUT2D eigenvalue weighted by Crippen LogP contribution is -2.18. The molecule has 2 heterocycles. The van der Waals surface area contributed by atoms with Gasteiger partial charge in [-0.05, 0) is 12.8 Å². The van der Waals surface area contributed by atoms with Gasteiger partial charge < -0.3 is 0 Å². The van der Waals surface area contributed by atoms with Gasteiger partial charge in [-0.15, -0.1) is 0 Å². The average molecular weight is 232 g/mol. The summed E-state index contributed by atoms with van der Waals surface area (Å²) in [6.07, 6.45) is 3.15. The molecule has 2 unspecified atom stereocenters. The molecule has 2 aliphatic heterocycles. The van der Waals surface area contributed by atoms with Crippen molar-refractivity contribution < 1.29 is 9.68 Å². The molecule has 0 amide bonds. The van der Waals surface area contributed by atoms with Crippen molar-refractivity contribution in [2.24, 2.45) is 0 Å². The van der Waals surface area contributed by atoms with Crippen LogP contribution in [0, 0.1) is 0 Å². The van der Waals surface area contributed by atoms with Crippen LogP contribution < -0.4 is 0 Å². The third-order valence-corrected chi connectivity index (χ3v) is 4.01. The molecule has 2 aliphatic rings. The van der Waals surface area contributed by atoms with Gasteiger partial charge >= 0.3 is 0 Å². The first kappa shape index (κ1) is 11.7. The number of rotatable bonds is 4. The van der Waals surface area contributed by atoms with E-state index in [1.165, 1.54) is 0 Å². The molecule has 2 fully saturated rings. The summed E-state index contributed by atoms with van der Waals surface area (Å²) < 4.78 is 0. The van der Waals surface area contributed by atoms with Gasteiger partial charge in [-0.3, -0.25) is 9.68 Å². The normalized spacial score (nSPS) is 34.0. The molecule has 0 aliphatic carbocycles. The Hall–Kier alpha value is 0.190. The van der Waals surface area contributed by atoms with Gasteiger partial charge in [0.1, 0.15) is 0 Å². The van der Waals surface area contributed by atoms with Gasteiger partial charge in [0.15, 0.2) is 0 Å². The Balaban J connectivity index is 1.55. The number of thioether (sulfide) groups is 1. The summed E-state index contributed by atoms with van der Waals surface area (Å²) >= 11 is 1.95. The maximum absolute atomic E-state index is 5.61. The van der Waals surface area contributed by atoms with E-state index in [0.717, 1.165) is 37.4 Å². The molecular formula is C10H20N2O2S. The zero-order valence-corrected chi connectivity index (χ0v) is 10.3. The van der Waals surface area contributed by atoms with Crippen LogP contribution >= 0.6 is 11.8 Å². The smallest absolute Gasteiger partial charge is 0.0896 e. The highest BCUT2D eigenvalue weighted by Crippen LogP contribution is 2.20. The van der Waals surface area contributed by atoms with Crippen LogP contribution in [0.15, 0.2) is 0 Å². The number of hydrogen-bond acceptors (Lipinski definition) is 5. The first-order valence-corrected chi connectivity index (χ1v) is 6.73. The summed E-state index contributed by atoms with van der Waals surface area (Å²) in [6.45, 7) is 2.13. The van der Waals surface area contributed by atoms with E-state index >= 15 is 0 Å². The van der Waals surface area contributed by atoms with Crippen molar-refractivity contribution in [3.63, 3.8) is 0 Å². The quantitative estimate of drug-likeness (QED) is 0.720. The van der Waals surface area contributed by atoms with E-state index in [2.05, 4.69) is 0 Å². The minimum Gasteiger partial charge on any atom is -0.295 e. The summed E-state index contributed by atoms with van der Waals surface area (Å²) in [7, 11) is 4.00. The van der Waals surface area contributed by atoms with E-state index in [4.69, 9.17) is 9.68 Å². The molecule has 0 aromatic heterocycles. The fraction of sp³-hybridized carbons (Fsp3) is 1.00. The van der Waals surface area contributed by atoms with Gasteiger partial charge in [-0.2, -0.15) is 21.9 Å². The zero-order valence-electron chi connectivity index (χ0n) is 9.52.